The second-order valence-corrected chi connectivity index (χ2v) is 9.06. The van der Waals surface area contributed by atoms with E-state index in [9.17, 15) is 10.2 Å². The maximum Gasteiger partial charge on any atom is 0.218 e. The fourth-order valence-electron chi connectivity index (χ4n) is 4.63. The van der Waals surface area contributed by atoms with Crippen LogP contribution in [0.1, 0.15) is 59.8 Å². The Bertz CT molecular complexity index is 640. The molecule has 4 rings (SSSR count). The molecule has 0 aromatic rings. The number of fused-ring (bicyclic) bond motifs is 1. The molecule has 4 aliphatic rings. The average Bonchev–Trinajstić information content (AvgIpc) is 3.33. The molecule has 0 aromatic heterocycles. The SMILES string of the molecule is CC1=CC2(O)OCC3(C)OC23CCC(C)(O)C=CCC2(C)OC2CC1. The van der Waals surface area contributed by atoms with E-state index >= 15 is 0 Å². The average molecular weight is 350 g/mol. The molecule has 0 aromatic carbocycles. The van der Waals surface area contributed by atoms with E-state index in [0.717, 1.165) is 24.8 Å². The normalized spacial score (nSPS) is 55.4. The lowest BCUT2D eigenvalue weighted by atomic mass is 9.81. The first-order valence-electron chi connectivity index (χ1n) is 9.36. The fraction of sp³-hybridized carbons (Fsp3) is 0.800. The molecule has 3 heterocycles. The van der Waals surface area contributed by atoms with Crippen LogP contribution in [0.4, 0.5) is 0 Å². The highest BCUT2D eigenvalue weighted by molar-refractivity contribution is 5.31. The van der Waals surface area contributed by atoms with Gasteiger partial charge in [-0.1, -0.05) is 17.7 Å². The van der Waals surface area contributed by atoms with E-state index in [1.807, 2.05) is 32.1 Å². The van der Waals surface area contributed by atoms with Gasteiger partial charge in [-0.25, -0.2) is 0 Å². The van der Waals surface area contributed by atoms with Crippen LogP contribution >= 0.6 is 0 Å². The minimum Gasteiger partial charge on any atom is -0.386 e. The predicted octanol–water partition coefficient (Wildman–Crippen LogP) is 2.61. The van der Waals surface area contributed by atoms with Gasteiger partial charge in [-0.2, -0.15) is 0 Å². The smallest absolute Gasteiger partial charge is 0.218 e. The van der Waals surface area contributed by atoms with Crippen molar-refractivity contribution in [2.75, 3.05) is 6.61 Å². The van der Waals surface area contributed by atoms with Gasteiger partial charge in [-0.15, -0.1) is 0 Å². The van der Waals surface area contributed by atoms with Crippen LogP contribution in [0, 0.1) is 0 Å². The van der Waals surface area contributed by atoms with Crippen LogP contribution in [-0.2, 0) is 14.2 Å². The Morgan fingerprint density at radius 2 is 1.92 bits per heavy atom. The zero-order valence-corrected chi connectivity index (χ0v) is 15.7. The Morgan fingerprint density at radius 3 is 2.64 bits per heavy atom. The molecule has 25 heavy (non-hydrogen) atoms. The number of hydrogen-bond donors (Lipinski definition) is 2. The Balaban J connectivity index is 1.63. The van der Waals surface area contributed by atoms with Crippen molar-refractivity contribution in [3.05, 3.63) is 23.8 Å². The second-order valence-electron chi connectivity index (χ2n) is 9.06. The third kappa shape index (κ3) is 2.72. The maximum absolute atomic E-state index is 11.2. The molecule has 6 atom stereocenters. The van der Waals surface area contributed by atoms with Crippen LogP contribution in [0.5, 0.6) is 0 Å². The molecule has 0 bridgehead atoms. The van der Waals surface area contributed by atoms with E-state index in [0.29, 0.717) is 19.4 Å². The summed E-state index contributed by atoms with van der Waals surface area (Å²) in [6.07, 6.45) is 9.56. The molecule has 3 saturated heterocycles. The second kappa shape index (κ2) is 5.17. The molecular weight excluding hydrogens is 320 g/mol. The van der Waals surface area contributed by atoms with Crippen LogP contribution < -0.4 is 0 Å². The molecule has 0 radical (unpaired) electrons. The quantitative estimate of drug-likeness (QED) is 0.519. The molecular formula is C20H30O5. The van der Waals surface area contributed by atoms with Crippen LogP contribution in [0.2, 0.25) is 0 Å². The van der Waals surface area contributed by atoms with Crippen LogP contribution in [0.3, 0.4) is 0 Å². The van der Waals surface area contributed by atoms with Gasteiger partial charge in [0.2, 0.25) is 5.79 Å². The molecule has 3 fully saturated rings. The number of aliphatic hydroxyl groups is 2. The van der Waals surface area contributed by atoms with Gasteiger partial charge in [0.1, 0.15) is 5.60 Å². The van der Waals surface area contributed by atoms with E-state index in [1.165, 1.54) is 0 Å². The predicted molar refractivity (Wildman–Crippen MR) is 93.0 cm³/mol. The molecule has 1 aliphatic carbocycles. The van der Waals surface area contributed by atoms with Gasteiger partial charge in [-0.3, -0.25) is 0 Å². The zero-order valence-electron chi connectivity index (χ0n) is 15.7. The summed E-state index contributed by atoms with van der Waals surface area (Å²) in [4.78, 5) is 0. The van der Waals surface area contributed by atoms with Crippen molar-refractivity contribution in [3.63, 3.8) is 0 Å². The zero-order chi connectivity index (χ0) is 18.1. The van der Waals surface area contributed by atoms with Crippen molar-refractivity contribution in [2.24, 2.45) is 0 Å². The molecule has 6 unspecified atom stereocenters. The molecule has 1 spiro atoms. The third-order valence-electron chi connectivity index (χ3n) is 6.62. The van der Waals surface area contributed by atoms with Crippen LogP contribution in [0.15, 0.2) is 23.8 Å². The van der Waals surface area contributed by atoms with Crippen molar-refractivity contribution in [1.29, 1.82) is 0 Å². The first-order valence-corrected chi connectivity index (χ1v) is 9.36. The summed E-state index contributed by atoms with van der Waals surface area (Å²) in [5.74, 6) is -1.43. The van der Waals surface area contributed by atoms with Crippen LogP contribution in [0.25, 0.3) is 0 Å². The molecule has 5 nitrogen and oxygen atoms in total. The van der Waals surface area contributed by atoms with Crippen LogP contribution in [-0.4, -0.2) is 51.1 Å². The summed E-state index contributed by atoms with van der Waals surface area (Å²) in [6.45, 7) is 8.29. The van der Waals surface area contributed by atoms with Crippen molar-refractivity contribution in [2.45, 2.75) is 94.1 Å². The van der Waals surface area contributed by atoms with Gasteiger partial charge in [0.15, 0.2) is 5.60 Å². The lowest BCUT2D eigenvalue weighted by Crippen LogP contribution is -2.45. The number of epoxide rings is 2. The highest BCUT2D eigenvalue weighted by Gasteiger charge is 2.81. The van der Waals surface area contributed by atoms with Crippen molar-refractivity contribution in [3.8, 4) is 0 Å². The number of allylic oxidation sites excluding steroid dienone is 1. The van der Waals surface area contributed by atoms with Crippen molar-refractivity contribution >= 4 is 0 Å². The lowest BCUT2D eigenvalue weighted by Gasteiger charge is -2.30. The summed E-state index contributed by atoms with van der Waals surface area (Å²) in [7, 11) is 0. The molecule has 2 N–H and O–H groups in total. The molecule has 140 valence electrons. The van der Waals surface area contributed by atoms with Gasteiger partial charge in [-0.05, 0) is 65.9 Å². The number of rotatable bonds is 0. The molecule has 5 heteroatoms. The third-order valence-corrected chi connectivity index (χ3v) is 6.62. The van der Waals surface area contributed by atoms with E-state index < -0.39 is 22.6 Å². The van der Waals surface area contributed by atoms with Crippen molar-refractivity contribution < 1.29 is 24.4 Å². The highest BCUT2D eigenvalue weighted by Crippen LogP contribution is 2.63. The highest BCUT2D eigenvalue weighted by atomic mass is 16.8. The summed E-state index contributed by atoms with van der Waals surface area (Å²) in [5.41, 5.74) is -1.24. The molecule has 0 saturated carbocycles. The number of hydrogen-bond acceptors (Lipinski definition) is 5. The molecule has 3 aliphatic heterocycles. The largest absolute Gasteiger partial charge is 0.386 e. The van der Waals surface area contributed by atoms with Gasteiger partial charge >= 0.3 is 0 Å². The first-order chi connectivity index (χ1) is 11.5. The summed E-state index contributed by atoms with van der Waals surface area (Å²) >= 11 is 0. The topological polar surface area (TPSA) is 74.8 Å². The van der Waals surface area contributed by atoms with Gasteiger partial charge < -0.3 is 24.4 Å². The van der Waals surface area contributed by atoms with E-state index in [4.69, 9.17) is 14.2 Å². The van der Waals surface area contributed by atoms with E-state index in [-0.39, 0.29) is 11.7 Å². The number of ether oxygens (including phenoxy) is 3. The summed E-state index contributed by atoms with van der Waals surface area (Å²) < 4.78 is 17.7. The first kappa shape index (κ1) is 17.7. The van der Waals surface area contributed by atoms with Gasteiger partial charge in [0.05, 0.1) is 23.9 Å². The monoisotopic (exact) mass is 350 g/mol. The Kier molecular flexibility index (Phi) is 3.66. The summed E-state index contributed by atoms with van der Waals surface area (Å²) in [6, 6.07) is 0. The minimum absolute atomic E-state index is 0.128. The Hall–Kier alpha value is -0.720. The standard InChI is InChI=1S/C20H30O5/c1-14-6-7-15-17(3,24-15)9-5-8-16(2,21)10-11-19-18(4,25-19)13-23-20(19,22)12-14/h5,8,12,15,21-22H,6-7,9-11,13H2,1-4H3. The van der Waals surface area contributed by atoms with E-state index in [1.54, 1.807) is 6.92 Å². The Morgan fingerprint density at radius 1 is 1.16 bits per heavy atom. The lowest BCUT2D eigenvalue weighted by molar-refractivity contribution is -0.202. The van der Waals surface area contributed by atoms with E-state index in [2.05, 4.69) is 6.92 Å². The fourth-order valence-corrected chi connectivity index (χ4v) is 4.63. The maximum atomic E-state index is 11.2. The minimum atomic E-state index is -1.43. The van der Waals surface area contributed by atoms with Gasteiger partial charge in [0.25, 0.3) is 0 Å². The van der Waals surface area contributed by atoms with Gasteiger partial charge in [0, 0.05) is 0 Å². The summed E-state index contributed by atoms with van der Waals surface area (Å²) in [5, 5.41) is 21.9. The molecule has 0 amide bonds. The Labute approximate surface area is 149 Å². The van der Waals surface area contributed by atoms with Crippen molar-refractivity contribution in [1.82, 2.24) is 0 Å².